The van der Waals surface area contributed by atoms with Crippen LogP contribution in [0.3, 0.4) is 0 Å². The maximum atomic E-state index is 13.0. The van der Waals surface area contributed by atoms with Crippen molar-refractivity contribution < 1.29 is 9.90 Å². The maximum Gasteiger partial charge on any atom is 0.230 e. The van der Waals surface area contributed by atoms with Crippen molar-refractivity contribution in [1.29, 1.82) is 0 Å². The number of benzene rings is 1. The van der Waals surface area contributed by atoms with Gasteiger partial charge in [-0.25, -0.2) is 0 Å². The molecule has 0 radical (unpaired) electrons. The van der Waals surface area contributed by atoms with Crippen molar-refractivity contribution in [3.63, 3.8) is 0 Å². The molecule has 4 heteroatoms. The van der Waals surface area contributed by atoms with Gasteiger partial charge in [0.15, 0.2) is 0 Å². The van der Waals surface area contributed by atoms with Crippen LogP contribution in [-0.4, -0.2) is 23.7 Å². The molecule has 122 valence electrons. The number of halogens is 1. The van der Waals surface area contributed by atoms with Crippen LogP contribution in [0.25, 0.3) is 0 Å². The topological polar surface area (TPSA) is 49.3 Å². The zero-order valence-corrected chi connectivity index (χ0v) is 14.0. The summed E-state index contributed by atoms with van der Waals surface area (Å²) in [5.41, 5.74) is 0.652. The standard InChI is InChI=1S/C18H26ClNO2/c1-14(6-5-13-21)20-17(22)18(11-3-2-4-12-18)15-7-9-16(19)10-8-15/h7-10,14,21H,2-6,11-13H2,1H3,(H,20,22). The molecule has 1 atom stereocenters. The Morgan fingerprint density at radius 1 is 1.27 bits per heavy atom. The van der Waals surface area contributed by atoms with Crippen molar-refractivity contribution in [3.8, 4) is 0 Å². The van der Waals surface area contributed by atoms with E-state index in [9.17, 15) is 4.79 Å². The fourth-order valence-corrected chi connectivity index (χ4v) is 3.53. The van der Waals surface area contributed by atoms with Crippen LogP contribution in [0.1, 0.15) is 57.4 Å². The van der Waals surface area contributed by atoms with Gasteiger partial charge < -0.3 is 10.4 Å². The maximum absolute atomic E-state index is 13.0. The van der Waals surface area contributed by atoms with E-state index in [0.29, 0.717) is 5.02 Å². The number of hydrogen-bond donors (Lipinski definition) is 2. The smallest absolute Gasteiger partial charge is 0.230 e. The highest BCUT2D eigenvalue weighted by Gasteiger charge is 2.41. The first-order valence-corrected chi connectivity index (χ1v) is 8.64. The van der Waals surface area contributed by atoms with Gasteiger partial charge in [0.25, 0.3) is 0 Å². The minimum Gasteiger partial charge on any atom is -0.396 e. The molecule has 1 aromatic rings. The second-order valence-electron chi connectivity index (χ2n) is 6.39. The predicted octanol–water partition coefficient (Wildman–Crippen LogP) is 3.82. The van der Waals surface area contributed by atoms with Crippen LogP contribution in [0, 0.1) is 0 Å². The summed E-state index contributed by atoms with van der Waals surface area (Å²) in [6.07, 6.45) is 6.68. The molecule has 0 spiro atoms. The highest BCUT2D eigenvalue weighted by molar-refractivity contribution is 6.30. The van der Waals surface area contributed by atoms with E-state index in [0.717, 1.165) is 44.1 Å². The number of nitrogens with one attached hydrogen (secondary N) is 1. The molecule has 1 aliphatic carbocycles. The van der Waals surface area contributed by atoms with Crippen molar-refractivity contribution in [3.05, 3.63) is 34.9 Å². The number of carbonyl (C=O) groups is 1. The molecule has 2 rings (SSSR count). The largest absolute Gasteiger partial charge is 0.396 e. The Bertz CT molecular complexity index is 480. The Kier molecular flexibility index (Phi) is 6.27. The van der Waals surface area contributed by atoms with Gasteiger partial charge >= 0.3 is 0 Å². The lowest BCUT2D eigenvalue weighted by Crippen LogP contribution is -2.48. The third-order valence-corrected chi connectivity index (χ3v) is 4.96. The fraction of sp³-hybridized carbons (Fsp3) is 0.611. The highest BCUT2D eigenvalue weighted by atomic mass is 35.5. The molecule has 22 heavy (non-hydrogen) atoms. The lowest BCUT2D eigenvalue weighted by molar-refractivity contribution is -0.128. The third kappa shape index (κ3) is 4.02. The molecule has 0 saturated heterocycles. The Morgan fingerprint density at radius 3 is 2.50 bits per heavy atom. The zero-order valence-electron chi connectivity index (χ0n) is 13.3. The van der Waals surface area contributed by atoms with Crippen LogP contribution in [0.2, 0.25) is 5.02 Å². The van der Waals surface area contributed by atoms with Crippen LogP contribution in [0.5, 0.6) is 0 Å². The number of carbonyl (C=O) groups excluding carboxylic acids is 1. The first kappa shape index (κ1) is 17.3. The van der Waals surface area contributed by atoms with Gasteiger partial charge in [-0.2, -0.15) is 0 Å². The van der Waals surface area contributed by atoms with E-state index in [2.05, 4.69) is 5.32 Å². The quantitative estimate of drug-likeness (QED) is 0.836. The summed E-state index contributed by atoms with van der Waals surface area (Å²) in [5, 5.41) is 12.8. The second kappa shape index (κ2) is 7.98. The summed E-state index contributed by atoms with van der Waals surface area (Å²) in [7, 11) is 0. The highest BCUT2D eigenvalue weighted by Crippen LogP contribution is 2.40. The van der Waals surface area contributed by atoms with Gasteiger partial charge in [-0.3, -0.25) is 4.79 Å². The molecule has 2 N–H and O–H groups in total. The molecule has 0 aliphatic heterocycles. The van der Waals surface area contributed by atoms with Crippen molar-refractivity contribution in [2.24, 2.45) is 0 Å². The number of aliphatic hydroxyl groups excluding tert-OH is 1. The number of rotatable bonds is 6. The Hall–Kier alpha value is -1.06. The average molecular weight is 324 g/mol. The number of amides is 1. The Labute approximate surface area is 138 Å². The van der Waals surface area contributed by atoms with Crippen LogP contribution < -0.4 is 5.32 Å². The van der Waals surface area contributed by atoms with Crippen molar-refractivity contribution in [2.45, 2.75) is 63.3 Å². The summed E-state index contributed by atoms with van der Waals surface area (Å²) in [5.74, 6) is 0.125. The van der Waals surface area contributed by atoms with Crippen LogP contribution in [-0.2, 0) is 10.2 Å². The van der Waals surface area contributed by atoms with Gasteiger partial charge in [0.1, 0.15) is 0 Å². The Morgan fingerprint density at radius 2 is 1.91 bits per heavy atom. The van der Waals surface area contributed by atoms with E-state index in [1.165, 1.54) is 6.42 Å². The lowest BCUT2D eigenvalue weighted by Gasteiger charge is -2.37. The summed E-state index contributed by atoms with van der Waals surface area (Å²) in [6, 6.07) is 7.81. The summed E-state index contributed by atoms with van der Waals surface area (Å²) in [6.45, 7) is 2.18. The zero-order chi connectivity index (χ0) is 16.0. The van der Waals surface area contributed by atoms with E-state index in [1.54, 1.807) is 0 Å². The van der Waals surface area contributed by atoms with Gasteiger partial charge in [-0.1, -0.05) is 43.0 Å². The molecule has 0 aromatic heterocycles. The minimum atomic E-state index is -0.420. The molecular formula is C18H26ClNO2. The van der Waals surface area contributed by atoms with E-state index in [4.69, 9.17) is 16.7 Å². The normalized spacial score (nSPS) is 18.7. The van der Waals surface area contributed by atoms with Gasteiger partial charge in [-0.05, 0) is 50.3 Å². The summed E-state index contributed by atoms with van der Waals surface area (Å²) in [4.78, 5) is 13.0. The summed E-state index contributed by atoms with van der Waals surface area (Å²) >= 11 is 5.99. The number of aliphatic hydroxyl groups is 1. The van der Waals surface area contributed by atoms with Gasteiger partial charge in [0, 0.05) is 17.7 Å². The molecule has 1 amide bonds. The van der Waals surface area contributed by atoms with Crippen molar-refractivity contribution in [2.75, 3.05) is 6.61 Å². The van der Waals surface area contributed by atoms with Gasteiger partial charge in [0.05, 0.1) is 5.41 Å². The third-order valence-electron chi connectivity index (χ3n) is 4.71. The molecule has 3 nitrogen and oxygen atoms in total. The first-order chi connectivity index (χ1) is 10.6. The minimum absolute atomic E-state index is 0.0887. The molecule has 1 unspecified atom stereocenters. The van der Waals surface area contributed by atoms with Crippen LogP contribution in [0.4, 0.5) is 0 Å². The molecule has 1 saturated carbocycles. The molecular weight excluding hydrogens is 298 g/mol. The lowest BCUT2D eigenvalue weighted by atomic mass is 9.68. The SMILES string of the molecule is CC(CCCO)NC(=O)C1(c2ccc(Cl)cc2)CCCCC1. The summed E-state index contributed by atoms with van der Waals surface area (Å²) < 4.78 is 0. The van der Waals surface area contributed by atoms with Crippen LogP contribution in [0.15, 0.2) is 24.3 Å². The molecule has 0 bridgehead atoms. The molecule has 1 fully saturated rings. The monoisotopic (exact) mass is 323 g/mol. The Balaban J connectivity index is 2.18. The molecule has 1 aliphatic rings. The van der Waals surface area contributed by atoms with E-state index >= 15 is 0 Å². The average Bonchev–Trinajstić information content (AvgIpc) is 2.54. The van der Waals surface area contributed by atoms with Crippen LogP contribution >= 0.6 is 11.6 Å². The van der Waals surface area contributed by atoms with E-state index < -0.39 is 5.41 Å². The van der Waals surface area contributed by atoms with Crippen molar-refractivity contribution in [1.82, 2.24) is 5.32 Å². The second-order valence-corrected chi connectivity index (χ2v) is 6.83. The van der Waals surface area contributed by atoms with Crippen molar-refractivity contribution >= 4 is 17.5 Å². The molecule has 1 aromatic carbocycles. The van der Waals surface area contributed by atoms with E-state index in [-0.39, 0.29) is 18.6 Å². The van der Waals surface area contributed by atoms with Gasteiger partial charge in [-0.15, -0.1) is 0 Å². The fourth-order valence-electron chi connectivity index (χ4n) is 3.40. The van der Waals surface area contributed by atoms with E-state index in [1.807, 2.05) is 31.2 Å². The predicted molar refractivity (Wildman–Crippen MR) is 90.1 cm³/mol. The number of hydrogen-bond acceptors (Lipinski definition) is 2. The first-order valence-electron chi connectivity index (χ1n) is 8.26. The van der Waals surface area contributed by atoms with Gasteiger partial charge in [0.2, 0.25) is 5.91 Å². The molecule has 0 heterocycles.